The molecule has 3 heterocycles. The van der Waals surface area contributed by atoms with Crippen LogP contribution in [0.15, 0.2) is 76.1 Å². The van der Waals surface area contributed by atoms with Crippen LogP contribution in [-0.4, -0.2) is 27.2 Å². The molecular weight excluding hydrogens is 406 g/mol. The highest BCUT2D eigenvalue weighted by Gasteiger charge is 2.22. The lowest BCUT2D eigenvalue weighted by Crippen LogP contribution is -2.01. The fraction of sp³-hybridized carbons (Fsp3) is 0.0800. The molecule has 0 unspecified atom stereocenters. The van der Waals surface area contributed by atoms with Gasteiger partial charge in [-0.2, -0.15) is 0 Å². The summed E-state index contributed by atoms with van der Waals surface area (Å²) in [5.41, 5.74) is 2.86. The van der Waals surface area contributed by atoms with E-state index in [2.05, 4.69) is 9.97 Å². The van der Waals surface area contributed by atoms with Crippen LogP contribution in [0.5, 0.6) is 11.5 Å². The molecule has 0 amide bonds. The summed E-state index contributed by atoms with van der Waals surface area (Å²) >= 11 is 0. The number of imidazole rings is 1. The number of H-pyrrole nitrogens is 1. The summed E-state index contributed by atoms with van der Waals surface area (Å²) < 4.78 is 11.0. The lowest BCUT2D eigenvalue weighted by molar-refractivity contribution is 0.415. The third-order valence-corrected chi connectivity index (χ3v) is 5.24. The Morgan fingerprint density at radius 3 is 2.62 bits per heavy atom. The molecule has 2 aromatic carbocycles. The number of methoxy groups -OCH3 is 1. The molecule has 5 aromatic rings. The van der Waals surface area contributed by atoms with Crippen LogP contribution in [0.3, 0.4) is 0 Å². The number of aromatic amines is 1. The van der Waals surface area contributed by atoms with Crippen LogP contribution in [-0.2, 0) is 0 Å². The Morgan fingerprint density at radius 1 is 1.06 bits per heavy atom. The van der Waals surface area contributed by atoms with Gasteiger partial charge in [0.2, 0.25) is 11.2 Å². The number of aryl methyl sites for hydroxylation is 1. The number of aromatic nitrogens is 3. The van der Waals surface area contributed by atoms with Gasteiger partial charge in [0, 0.05) is 28.8 Å². The number of para-hydroxylation sites is 1. The molecule has 0 aliphatic rings. The third kappa shape index (κ3) is 3.30. The zero-order valence-corrected chi connectivity index (χ0v) is 17.4. The van der Waals surface area contributed by atoms with Crippen molar-refractivity contribution in [3.8, 4) is 45.6 Å². The first-order valence-corrected chi connectivity index (χ1v) is 9.98. The molecule has 7 nitrogen and oxygen atoms in total. The van der Waals surface area contributed by atoms with Gasteiger partial charge in [0.1, 0.15) is 28.7 Å². The molecule has 0 fully saturated rings. The first-order valence-electron chi connectivity index (χ1n) is 9.98. The number of hydrogen-bond donors (Lipinski definition) is 2. The molecule has 0 aliphatic heterocycles. The molecule has 0 saturated carbocycles. The average molecular weight is 425 g/mol. The maximum absolute atomic E-state index is 12.2. The zero-order chi connectivity index (χ0) is 22.2. The third-order valence-electron chi connectivity index (χ3n) is 5.24. The van der Waals surface area contributed by atoms with E-state index in [1.807, 2.05) is 54.6 Å². The average Bonchev–Trinajstić information content (AvgIpc) is 3.26. The first kappa shape index (κ1) is 19.6. The van der Waals surface area contributed by atoms with Crippen molar-refractivity contribution in [2.75, 3.05) is 7.11 Å². The number of pyridine rings is 1. The summed E-state index contributed by atoms with van der Waals surface area (Å²) in [6.07, 6.45) is 1.72. The van der Waals surface area contributed by atoms with Crippen LogP contribution in [0.4, 0.5) is 0 Å². The summed E-state index contributed by atoms with van der Waals surface area (Å²) in [6, 6.07) is 18.2. The van der Waals surface area contributed by atoms with Gasteiger partial charge in [-0.05, 0) is 43.3 Å². The van der Waals surface area contributed by atoms with Crippen molar-refractivity contribution in [1.29, 1.82) is 0 Å². The molecule has 3 aromatic heterocycles. The van der Waals surface area contributed by atoms with E-state index in [9.17, 15) is 9.90 Å². The molecule has 0 bridgehead atoms. The molecule has 2 N–H and O–H groups in total. The number of benzene rings is 2. The molecule has 5 rings (SSSR count). The Kier molecular flexibility index (Phi) is 4.71. The molecule has 0 radical (unpaired) electrons. The molecule has 158 valence electrons. The van der Waals surface area contributed by atoms with E-state index < -0.39 is 11.2 Å². The number of nitrogens with zero attached hydrogens (tertiary/aromatic N) is 2. The first-order chi connectivity index (χ1) is 15.5. The van der Waals surface area contributed by atoms with E-state index in [4.69, 9.17) is 14.1 Å². The maximum atomic E-state index is 12.2. The molecule has 0 saturated heterocycles. The number of hydrogen-bond acceptors (Lipinski definition) is 6. The van der Waals surface area contributed by atoms with E-state index >= 15 is 0 Å². The van der Waals surface area contributed by atoms with Crippen molar-refractivity contribution in [1.82, 2.24) is 15.0 Å². The van der Waals surface area contributed by atoms with Crippen LogP contribution in [0.2, 0.25) is 0 Å². The Balaban J connectivity index is 1.79. The van der Waals surface area contributed by atoms with Gasteiger partial charge in [-0.1, -0.05) is 18.2 Å². The van der Waals surface area contributed by atoms with E-state index in [-0.39, 0.29) is 5.76 Å². The minimum absolute atomic E-state index is 0.0397. The highest BCUT2D eigenvalue weighted by molar-refractivity contribution is 5.94. The van der Waals surface area contributed by atoms with E-state index in [1.54, 1.807) is 20.2 Å². The molecule has 32 heavy (non-hydrogen) atoms. The van der Waals surface area contributed by atoms with Gasteiger partial charge in [0.05, 0.1) is 12.6 Å². The number of fused-ring (bicyclic) bond motifs is 1. The minimum Gasteiger partial charge on any atom is -0.501 e. The summed E-state index contributed by atoms with van der Waals surface area (Å²) in [7, 11) is 1.60. The number of rotatable bonds is 4. The van der Waals surface area contributed by atoms with Crippen LogP contribution in [0, 0.1) is 6.92 Å². The summed E-state index contributed by atoms with van der Waals surface area (Å²) in [4.78, 5) is 24.8. The Bertz CT molecular complexity index is 1500. The van der Waals surface area contributed by atoms with Crippen molar-refractivity contribution in [3.05, 3.63) is 82.8 Å². The van der Waals surface area contributed by atoms with Crippen molar-refractivity contribution in [2.24, 2.45) is 0 Å². The largest absolute Gasteiger partial charge is 0.501 e. The molecular formula is C25H19N3O4. The topological polar surface area (TPSA) is 101 Å². The number of aromatic hydroxyl groups is 1. The van der Waals surface area contributed by atoms with E-state index in [1.165, 1.54) is 6.07 Å². The summed E-state index contributed by atoms with van der Waals surface area (Å²) in [5, 5.41) is 11.4. The van der Waals surface area contributed by atoms with Gasteiger partial charge < -0.3 is 19.2 Å². The molecule has 0 aliphatic carbocycles. The second-order valence-corrected chi connectivity index (χ2v) is 7.31. The fourth-order valence-electron chi connectivity index (χ4n) is 3.70. The Hall–Kier alpha value is -4.39. The normalized spacial score (nSPS) is 11.1. The van der Waals surface area contributed by atoms with Crippen molar-refractivity contribution in [3.63, 3.8) is 0 Å². The van der Waals surface area contributed by atoms with Gasteiger partial charge >= 0.3 is 0 Å². The second kappa shape index (κ2) is 7.70. The van der Waals surface area contributed by atoms with Gasteiger partial charge in [-0.25, -0.2) is 4.98 Å². The predicted molar refractivity (Wildman–Crippen MR) is 122 cm³/mol. The van der Waals surface area contributed by atoms with Crippen molar-refractivity contribution < 1.29 is 14.3 Å². The molecule has 0 spiro atoms. The smallest absolute Gasteiger partial charge is 0.227 e. The summed E-state index contributed by atoms with van der Waals surface area (Å²) in [6.45, 7) is 1.66. The van der Waals surface area contributed by atoms with Crippen molar-refractivity contribution >= 4 is 10.9 Å². The second-order valence-electron chi connectivity index (χ2n) is 7.31. The monoisotopic (exact) mass is 425 g/mol. The van der Waals surface area contributed by atoms with Crippen LogP contribution in [0.25, 0.3) is 45.0 Å². The van der Waals surface area contributed by atoms with Crippen LogP contribution in [0.1, 0.15) is 5.76 Å². The standard InChI is InChI=1S/C25H19N3O4/c1-14-13-20(29)23(30)24(32-14)22-21(15-7-9-16(31-2)10-8-15)27-25(28-22)18-11-12-26-19-6-4-3-5-17(18)19/h3-13,30H,1-2H3,(H,27,28). The predicted octanol–water partition coefficient (Wildman–Crippen LogP) is 4.93. The number of ether oxygens (including phenoxy) is 1. The Labute approximate surface area is 183 Å². The van der Waals surface area contributed by atoms with Gasteiger partial charge in [-0.15, -0.1) is 0 Å². The van der Waals surface area contributed by atoms with Crippen LogP contribution >= 0.6 is 0 Å². The van der Waals surface area contributed by atoms with Gasteiger partial charge in [0.15, 0.2) is 5.76 Å². The fourth-order valence-corrected chi connectivity index (χ4v) is 3.70. The van der Waals surface area contributed by atoms with E-state index in [0.29, 0.717) is 28.7 Å². The van der Waals surface area contributed by atoms with E-state index in [0.717, 1.165) is 22.0 Å². The van der Waals surface area contributed by atoms with Gasteiger partial charge in [0.25, 0.3) is 0 Å². The lowest BCUT2D eigenvalue weighted by Gasteiger charge is -2.06. The van der Waals surface area contributed by atoms with Gasteiger partial charge in [-0.3, -0.25) is 9.78 Å². The maximum Gasteiger partial charge on any atom is 0.227 e. The van der Waals surface area contributed by atoms with Crippen molar-refractivity contribution in [2.45, 2.75) is 6.92 Å². The molecule has 0 atom stereocenters. The highest BCUT2D eigenvalue weighted by atomic mass is 16.5. The molecule has 7 heteroatoms. The van der Waals surface area contributed by atoms with Crippen LogP contribution < -0.4 is 10.2 Å². The summed E-state index contributed by atoms with van der Waals surface area (Å²) in [5.74, 6) is 1.22. The number of nitrogens with one attached hydrogen (secondary N) is 1. The Morgan fingerprint density at radius 2 is 1.84 bits per heavy atom. The SMILES string of the molecule is COc1ccc(-c2nc(-c3ccnc4ccccc34)[nH]c2-c2oc(C)cc(=O)c2O)cc1. The highest BCUT2D eigenvalue weighted by Crippen LogP contribution is 2.38. The quantitative estimate of drug-likeness (QED) is 0.423. The lowest BCUT2D eigenvalue weighted by atomic mass is 10.1. The minimum atomic E-state index is -0.519. The zero-order valence-electron chi connectivity index (χ0n) is 17.4.